The third kappa shape index (κ3) is 3.88. The van der Waals surface area contributed by atoms with E-state index in [0.717, 1.165) is 44.4 Å². The maximum atomic E-state index is 13.1. The Morgan fingerprint density at radius 1 is 1.21 bits per heavy atom. The van der Waals surface area contributed by atoms with E-state index in [1.165, 1.54) is 0 Å². The topological polar surface area (TPSA) is 52.5 Å². The molecular formula is C14H19F2NO2. The molecule has 1 aliphatic rings. The summed E-state index contributed by atoms with van der Waals surface area (Å²) in [4.78, 5) is 0. The predicted octanol–water partition coefficient (Wildman–Crippen LogP) is 2.31. The van der Waals surface area contributed by atoms with Crippen LogP contribution in [0.2, 0.25) is 0 Å². The second-order valence-electron chi connectivity index (χ2n) is 5.23. The molecule has 1 saturated carbocycles. The minimum Gasteiger partial charge on any atom is -0.503 e. The first kappa shape index (κ1) is 14.2. The number of nitrogens with one attached hydrogen (secondary N) is 1. The van der Waals surface area contributed by atoms with E-state index in [9.17, 15) is 13.9 Å². The van der Waals surface area contributed by atoms with Gasteiger partial charge in [-0.1, -0.05) is 6.42 Å². The zero-order valence-electron chi connectivity index (χ0n) is 10.7. The Bertz CT molecular complexity index is 416. The van der Waals surface area contributed by atoms with Crippen molar-refractivity contribution in [2.75, 3.05) is 6.54 Å². The highest BCUT2D eigenvalue weighted by molar-refractivity contribution is 5.29. The molecule has 0 heterocycles. The first-order chi connectivity index (χ1) is 9.06. The lowest BCUT2D eigenvalue weighted by molar-refractivity contribution is 0.101. The Balaban J connectivity index is 1.82. The van der Waals surface area contributed by atoms with Gasteiger partial charge in [0.2, 0.25) is 0 Å². The normalized spacial score (nSPS) is 23.5. The minimum atomic E-state index is -0.940. The molecule has 0 radical (unpaired) electrons. The molecular weight excluding hydrogens is 252 g/mol. The number of halogens is 2. The second-order valence-corrected chi connectivity index (χ2v) is 5.23. The summed E-state index contributed by atoms with van der Waals surface area (Å²) < 4.78 is 26.2. The molecule has 5 heteroatoms. The molecule has 1 aromatic carbocycles. The zero-order valence-corrected chi connectivity index (χ0v) is 10.7. The van der Waals surface area contributed by atoms with E-state index >= 15 is 0 Å². The summed E-state index contributed by atoms with van der Waals surface area (Å²) >= 11 is 0. The Morgan fingerprint density at radius 2 is 1.89 bits per heavy atom. The van der Waals surface area contributed by atoms with Gasteiger partial charge in [0.1, 0.15) is 0 Å². The van der Waals surface area contributed by atoms with Gasteiger partial charge in [0.25, 0.3) is 0 Å². The molecule has 0 spiro atoms. The third-order valence-electron chi connectivity index (χ3n) is 3.59. The van der Waals surface area contributed by atoms with E-state index in [1.54, 1.807) is 0 Å². The van der Waals surface area contributed by atoms with Gasteiger partial charge in [-0.05, 0) is 49.4 Å². The SMILES string of the molecule is Oc1c(F)cc(CNCC2CCCC(O)C2)cc1F. The van der Waals surface area contributed by atoms with Gasteiger partial charge in [0.15, 0.2) is 17.4 Å². The van der Waals surface area contributed by atoms with E-state index in [0.29, 0.717) is 18.0 Å². The molecule has 0 aliphatic heterocycles. The fourth-order valence-corrected chi connectivity index (χ4v) is 2.59. The first-order valence-corrected chi connectivity index (χ1v) is 6.62. The lowest BCUT2D eigenvalue weighted by Crippen LogP contribution is -2.28. The largest absolute Gasteiger partial charge is 0.503 e. The molecule has 3 nitrogen and oxygen atoms in total. The smallest absolute Gasteiger partial charge is 0.187 e. The van der Waals surface area contributed by atoms with Gasteiger partial charge in [0, 0.05) is 6.54 Å². The van der Waals surface area contributed by atoms with Crippen LogP contribution < -0.4 is 5.32 Å². The molecule has 2 unspecified atom stereocenters. The summed E-state index contributed by atoms with van der Waals surface area (Å²) in [7, 11) is 0. The lowest BCUT2D eigenvalue weighted by Gasteiger charge is -2.26. The van der Waals surface area contributed by atoms with E-state index in [-0.39, 0.29) is 6.10 Å². The van der Waals surface area contributed by atoms with Crippen molar-refractivity contribution in [2.24, 2.45) is 5.92 Å². The van der Waals surface area contributed by atoms with Crippen LogP contribution in [0.1, 0.15) is 31.2 Å². The molecule has 106 valence electrons. The number of phenols is 1. The summed E-state index contributed by atoms with van der Waals surface area (Å²) in [5.41, 5.74) is 0.462. The predicted molar refractivity (Wildman–Crippen MR) is 67.7 cm³/mol. The van der Waals surface area contributed by atoms with Crippen LogP contribution in [0.25, 0.3) is 0 Å². The van der Waals surface area contributed by atoms with E-state index in [2.05, 4.69) is 5.32 Å². The Labute approximate surface area is 111 Å². The van der Waals surface area contributed by atoms with E-state index in [4.69, 9.17) is 5.11 Å². The number of aliphatic hydroxyl groups excluding tert-OH is 1. The van der Waals surface area contributed by atoms with Crippen LogP contribution in [0.15, 0.2) is 12.1 Å². The number of hydrogen-bond acceptors (Lipinski definition) is 3. The first-order valence-electron chi connectivity index (χ1n) is 6.62. The van der Waals surface area contributed by atoms with Gasteiger partial charge in [0.05, 0.1) is 6.10 Å². The molecule has 0 aromatic heterocycles. The van der Waals surface area contributed by atoms with Gasteiger partial charge in [-0.15, -0.1) is 0 Å². The molecule has 1 aromatic rings. The van der Waals surface area contributed by atoms with Gasteiger partial charge in [-0.25, -0.2) is 8.78 Å². The van der Waals surface area contributed by atoms with Crippen LogP contribution in [0, 0.1) is 17.6 Å². The number of hydrogen-bond donors (Lipinski definition) is 3. The molecule has 2 rings (SSSR count). The van der Waals surface area contributed by atoms with Crippen molar-refractivity contribution in [1.82, 2.24) is 5.32 Å². The van der Waals surface area contributed by atoms with Crippen molar-refractivity contribution >= 4 is 0 Å². The molecule has 3 N–H and O–H groups in total. The van der Waals surface area contributed by atoms with Gasteiger partial charge in [-0.2, -0.15) is 0 Å². The van der Waals surface area contributed by atoms with Crippen molar-refractivity contribution in [3.05, 3.63) is 29.3 Å². The Morgan fingerprint density at radius 3 is 2.53 bits per heavy atom. The summed E-state index contributed by atoms with van der Waals surface area (Å²) in [6.45, 7) is 1.07. The van der Waals surface area contributed by atoms with Crippen molar-refractivity contribution < 1.29 is 19.0 Å². The molecule has 1 aliphatic carbocycles. The second kappa shape index (κ2) is 6.30. The quantitative estimate of drug-likeness (QED) is 0.787. The fraction of sp³-hybridized carbons (Fsp3) is 0.571. The molecule has 0 bridgehead atoms. The van der Waals surface area contributed by atoms with Crippen molar-refractivity contribution in [3.63, 3.8) is 0 Å². The van der Waals surface area contributed by atoms with Gasteiger partial charge < -0.3 is 15.5 Å². The van der Waals surface area contributed by atoms with Crippen LogP contribution in [0.4, 0.5) is 8.78 Å². The fourth-order valence-electron chi connectivity index (χ4n) is 2.59. The highest BCUT2D eigenvalue weighted by Gasteiger charge is 2.19. The third-order valence-corrected chi connectivity index (χ3v) is 3.59. The monoisotopic (exact) mass is 271 g/mol. The molecule has 2 atom stereocenters. The van der Waals surface area contributed by atoms with Gasteiger partial charge >= 0.3 is 0 Å². The summed E-state index contributed by atoms with van der Waals surface area (Å²) in [6, 6.07) is 2.25. The minimum absolute atomic E-state index is 0.218. The standard InChI is InChI=1S/C14H19F2NO2/c15-12-5-10(6-13(16)14(12)19)8-17-7-9-2-1-3-11(18)4-9/h5-6,9,11,17-19H,1-4,7-8H2. The molecule has 19 heavy (non-hydrogen) atoms. The van der Waals surface area contributed by atoms with Crippen molar-refractivity contribution in [3.8, 4) is 5.75 Å². The van der Waals surface area contributed by atoms with Crippen LogP contribution >= 0.6 is 0 Å². The summed E-state index contributed by atoms with van der Waals surface area (Å²) in [6.07, 6.45) is 3.53. The number of aliphatic hydroxyl groups is 1. The zero-order chi connectivity index (χ0) is 13.8. The summed E-state index contributed by atoms with van der Waals surface area (Å²) in [5, 5.41) is 21.7. The molecule has 0 amide bonds. The number of aromatic hydroxyl groups is 1. The highest BCUT2D eigenvalue weighted by Crippen LogP contribution is 2.24. The average molecular weight is 271 g/mol. The Hall–Kier alpha value is -1.20. The van der Waals surface area contributed by atoms with Crippen LogP contribution in [0.5, 0.6) is 5.75 Å². The van der Waals surface area contributed by atoms with Crippen molar-refractivity contribution in [2.45, 2.75) is 38.3 Å². The number of phenolic OH excluding ortho intramolecular Hbond substituents is 1. The molecule has 1 fully saturated rings. The van der Waals surface area contributed by atoms with Crippen LogP contribution in [0.3, 0.4) is 0 Å². The van der Waals surface area contributed by atoms with Crippen LogP contribution in [-0.4, -0.2) is 22.9 Å². The lowest BCUT2D eigenvalue weighted by atomic mass is 9.87. The highest BCUT2D eigenvalue weighted by atomic mass is 19.1. The molecule has 0 saturated heterocycles. The maximum Gasteiger partial charge on any atom is 0.187 e. The van der Waals surface area contributed by atoms with Crippen LogP contribution in [-0.2, 0) is 6.54 Å². The maximum absolute atomic E-state index is 13.1. The van der Waals surface area contributed by atoms with Crippen molar-refractivity contribution in [1.29, 1.82) is 0 Å². The number of benzene rings is 1. The number of rotatable bonds is 4. The van der Waals surface area contributed by atoms with E-state index in [1.807, 2.05) is 0 Å². The Kier molecular flexibility index (Phi) is 4.71. The summed E-state index contributed by atoms with van der Waals surface area (Å²) in [5.74, 6) is -2.40. The van der Waals surface area contributed by atoms with Gasteiger partial charge in [-0.3, -0.25) is 0 Å². The van der Waals surface area contributed by atoms with E-state index < -0.39 is 17.4 Å². The average Bonchev–Trinajstić information content (AvgIpc) is 2.36.